The van der Waals surface area contributed by atoms with E-state index in [1.165, 1.54) is 16.7 Å². The number of rotatable bonds is 3. The highest BCUT2D eigenvalue weighted by Gasteiger charge is 2.49. The second-order valence-electron chi connectivity index (χ2n) is 7.26. The number of amides is 3. The molecule has 3 rings (SSSR count). The summed E-state index contributed by atoms with van der Waals surface area (Å²) in [5.41, 5.74) is 1.49. The zero-order valence-corrected chi connectivity index (χ0v) is 15.5. The molecule has 3 amide bonds. The maximum absolute atomic E-state index is 12.7. The van der Waals surface area contributed by atoms with Gasteiger partial charge in [-0.1, -0.05) is 24.6 Å². The largest absolute Gasteiger partial charge is 0.294 e. The van der Waals surface area contributed by atoms with Crippen molar-refractivity contribution in [3.05, 3.63) is 28.8 Å². The molecule has 6 heteroatoms. The van der Waals surface area contributed by atoms with Gasteiger partial charge in [0.15, 0.2) is 0 Å². The number of carbonyl (C=O) groups is 3. The van der Waals surface area contributed by atoms with Crippen LogP contribution in [-0.2, 0) is 14.4 Å². The van der Waals surface area contributed by atoms with Crippen LogP contribution in [0, 0.1) is 24.7 Å². The molecule has 0 bridgehead atoms. The predicted molar refractivity (Wildman–Crippen MR) is 96.1 cm³/mol. The summed E-state index contributed by atoms with van der Waals surface area (Å²) in [6.07, 6.45) is 2.48. The van der Waals surface area contributed by atoms with E-state index in [1.807, 2.05) is 13.0 Å². The standard InChI is InChI=1S/C19H23ClN2O3/c1-11-4-7-15-16(8-11)19(25)22(18(15)24)10-21(13(3)23)14-6-5-12(2)17(20)9-14/h5-6,9,11,15-16H,4,7-8,10H2,1-3H3/t11-,15-,16+/m1/s1. The molecule has 1 aliphatic heterocycles. The van der Waals surface area contributed by atoms with Gasteiger partial charge in [0.2, 0.25) is 17.7 Å². The van der Waals surface area contributed by atoms with Crippen LogP contribution in [0.1, 0.15) is 38.7 Å². The maximum Gasteiger partial charge on any atom is 0.234 e. The van der Waals surface area contributed by atoms with Crippen molar-refractivity contribution in [3.8, 4) is 0 Å². The van der Waals surface area contributed by atoms with E-state index in [2.05, 4.69) is 6.92 Å². The van der Waals surface area contributed by atoms with Crippen LogP contribution >= 0.6 is 11.6 Å². The Morgan fingerprint density at radius 2 is 1.92 bits per heavy atom. The van der Waals surface area contributed by atoms with Crippen molar-refractivity contribution < 1.29 is 14.4 Å². The van der Waals surface area contributed by atoms with Crippen molar-refractivity contribution >= 4 is 35.0 Å². The molecule has 1 aliphatic carbocycles. The van der Waals surface area contributed by atoms with E-state index in [9.17, 15) is 14.4 Å². The number of nitrogens with zero attached hydrogens (tertiary/aromatic N) is 2. The number of carbonyl (C=O) groups excluding carboxylic acids is 3. The molecule has 1 heterocycles. The minimum atomic E-state index is -0.233. The third-order valence-electron chi connectivity index (χ3n) is 5.41. The zero-order chi connectivity index (χ0) is 18.3. The Bertz CT molecular complexity index is 733. The van der Waals surface area contributed by atoms with Crippen LogP contribution in [0.3, 0.4) is 0 Å². The Hall–Kier alpha value is -1.88. The summed E-state index contributed by atoms with van der Waals surface area (Å²) in [6, 6.07) is 5.30. The number of benzene rings is 1. The maximum atomic E-state index is 12.7. The Labute approximate surface area is 152 Å². The summed E-state index contributed by atoms with van der Waals surface area (Å²) in [7, 11) is 0. The first-order chi connectivity index (χ1) is 11.8. The summed E-state index contributed by atoms with van der Waals surface area (Å²) in [5, 5.41) is 0.547. The Kier molecular flexibility index (Phi) is 4.87. The Balaban J connectivity index is 1.85. The number of aryl methyl sites for hydroxylation is 1. The molecule has 5 nitrogen and oxygen atoms in total. The second-order valence-corrected chi connectivity index (χ2v) is 7.66. The number of fused-ring (bicyclic) bond motifs is 1. The second kappa shape index (κ2) is 6.79. The lowest BCUT2D eigenvalue weighted by molar-refractivity contribution is -0.140. The quantitative estimate of drug-likeness (QED) is 0.774. The van der Waals surface area contributed by atoms with Crippen molar-refractivity contribution in [1.29, 1.82) is 0 Å². The Morgan fingerprint density at radius 3 is 2.56 bits per heavy atom. The molecule has 1 aromatic rings. The minimum Gasteiger partial charge on any atom is -0.294 e. The number of hydrogen-bond donors (Lipinski definition) is 0. The molecule has 0 unspecified atom stereocenters. The first-order valence-electron chi connectivity index (χ1n) is 8.69. The van der Waals surface area contributed by atoms with E-state index in [1.54, 1.807) is 12.1 Å². The van der Waals surface area contributed by atoms with E-state index in [0.717, 1.165) is 24.8 Å². The smallest absolute Gasteiger partial charge is 0.234 e. The van der Waals surface area contributed by atoms with Gasteiger partial charge in [0, 0.05) is 17.6 Å². The number of hydrogen-bond acceptors (Lipinski definition) is 3. The normalized spacial score (nSPS) is 25.9. The monoisotopic (exact) mass is 362 g/mol. The summed E-state index contributed by atoms with van der Waals surface area (Å²) in [4.78, 5) is 40.3. The van der Waals surface area contributed by atoms with E-state index in [4.69, 9.17) is 11.6 Å². The van der Waals surface area contributed by atoms with Crippen molar-refractivity contribution in [3.63, 3.8) is 0 Å². The van der Waals surface area contributed by atoms with Crippen LogP contribution in [-0.4, -0.2) is 29.3 Å². The third-order valence-corrected chi connectivity index (χ3v) is 5.82. The highest BCUT2D eigenvalue weighted by atomic mass is 35.5. The average molecular weight is 363 g/mol. The van der Waals surface area contributed by atoms with Crippen LogP contribution in [0.4, 0.5) is 5.69 Å². The molecule has 0 spiro atoms. The van der Waals surface area contributed by atoms with Gasteiger partial charge in [0.1, 0.15) is 6.67 Å². The van der Waals surface area contributed by atoms with Crippen LogP contribution in [0.15, 0.2) is 18.2 Å². The lowest BCUT2D eigenvalue weighted by atomic mass is 9.76. The Morgan fingerprint density at radius 1 is 1.24 bits per heavy atom. The number of halogens is 1. The molecule has 25 heavy (non-hydrogen) atoms. The lowest BCUT2D eigenvalue weighted by Gasteiger charge is -2.26. The third kappa shape index (κ3) is 3.30. The van der Waals surface area contributed by atoms with Crippen molar-refractivity contribution in [2.24, 2.45) is 17.8 Å². The molecule has 0 aromatic heterocycles. The van der Waals surface area contributed by atoms with Gasteiger partial charge >= 0.3 is 0 Å². The lowest BCUT2D eigenvalue weighted by Crippen LogP contribution is -2.44. The molecule has 2 fully saturated rings. The molecule has 0 radical (unpaired) electrons. The van der Waals surface area contributed by atoms with Gasteiger partial charge in [0.25, 0.3) is 0 Å². The van der Waals surface area contributed by atoms with E-state index >= 15 is 0 Å². The summed E-state index contributed by atoms with van der Waals surface area (Å²) < 4.78 is 0. The molecule has 1 aromatic carbocycles. The van der Waals surface area contributed by atoms with Crippen LogP contribution < -0.4 is 4.90 Å². The number of likely N-dealkylation sites (tertiary alicyclic amines) is 1. The zero-order valence-electron chi connectivity index (χ0n) is 14.8. The van der Waals surface area contributed by atoms with Crippen molar-refractivity contribution in [2.75, 3.05) is 11.6 Å². The van der Waals surface area contributed by atoms with Crippen LogP contribution in [0.2, 0.25) is 5.02 Å². The van der Waals surface area contributed by atoms with Crippen molar-refractivity contribution in [2.45, 2.75) is 40.0 Å². The topological polar surface area (TPSA) is 57.7 Å². The molecule has 1 saturated carbocycles. The van der Waals surface area contributed by atoms with Gasteiger partial charge < -0.3 is 0 Å². The highest BCUT2D eigenvalue weighted by molar-refractivity contribution is 6.31. The summed E-state index contributed by atoms with van der Waals surface area (Å²) >= 11 is 6.17. The molecular weight excluding hydrogens is 340 g/mol. The molecular formula is C19H23ClN2O3. The van der Waals surface area contributed by atoms with Gasteiger partial charge in [-0.25, -0.2) is 0 Å². The van der Waals surface area contributed by atoms with Gasteiger partial charge in [-0.05, 0) is 49.8 Å². The molecule has 2 aliphatic rings. The molecule has 1 saturated heterocycles. The first kappa shape index (κ1) is 17.9. The van der Waals surface area contributed by atoms with Gasteiger partial charge in [0.05, 0.1) is 11.8 Å². The van der Waals surface area contributed by atoms with E-state index in [-0.39, 0.29) is 36.2 Å². The average Bonchev–Trinajstić information content (AvgIpc) is 2.79. The van der Waals surface area contributed by atoms with Gasteiger partial charge in [-0.2, -0.15) is 0 Å². The van der Waals surface area contributed by atoms with Crippen molar-refractivity contribution in [1.82, 2.24) is 4.90 Å². The SMILES string of the molecule is CC(=O)N(CN1C(=O)[C@H]2C[C@H](C)CC[C@H]2C1=O)c1ccc(C)c(Cl)c1. The fraction of sp³-hybridized carbons (Fsp3) is 0.526. The first-order valence-corrected chi connectivity index (χ1v) is 9.07. The van der Waals surface area contributed by atoms with E-state index in [0.29, 0.717) is 16.6 Å². The minimum absolute atomic E-state index is 0.0478. The fourth-order valence-electron chi connectivity index (χ4n) is 3.85. The number of anilines is 1. The predicted octanol–water partition coefficient (Wildman–Crippen LogP) is 3.38. The van der Waals surface area contributed by atoms with Crippen LogP contribution in [0.25, 0.3) is 0 Å². The van der Waals surface area contributed by atoms with E-state index < -0.39 is 0 Å². The molecule has 0 N–H and O–H groups in total. The highest BCUT2D eigenvalue weighted by Crippen LogP contribution is 2.40. The fourth-order valence-corrected chi connectivity index (χ4v) is 4.03. The van der Waals surface area contributed by atoms with Crippen LogP contribution in [0.5, 0.6) is 0 Å². The molecule has 3 atom stereocenters. The molecule has 134 valence electrons. The summed E-state index contributed by atoms with van der Waals surface area (Å²) in [5.74, 6) is -0.523. The van der Waals surface area contributed by atoms with Gasteiger partial charge in [-0.3, -0.25) is 24.2 Å². The van der Waals surface area contributed by atoms with Gasteiger partial charge in [-0.15, -0.1) is 0 Å². The summed E-state index contributed by atoms with van der Waals surface area (Å²) in [6.45, 7) is 5.37. The number of imide groups is 1.